The van der Waals surface area contributed by atoms with Gasteiger partial charge in [0.15, 0.2) is 6.61 Å². The van der Waals surface area contributed by atoms with Crippen molar-refractivity contribution in [1.29, 1.82) is 0 Å². The quantitative estimate of drug-likeness (QED) is 0.660. The zero-order valence-electron chi connectivity index (χ0n) is 11.7. The van der Waals surface area contributed by atoms with Crippen molar-refractivity contribution < 1.29 is 18.7 Å². The number of aromatic nitrogens is 1. The fourth-order valence-corrected chi connectivity index (χ4v) is 1.97. The van der Waals surface area contributed by atoms with E-state index in [1.807, 2.05) is 0 Å². The Labute approximate surface area is 141 Å². The summed E-state index contributed by atoms with van der Waals surface area (Å²) in [6, 6.07) is 6.73. The molecule has 5 nitrogen and oxygen atoms in total. The summed E-state index contributed by atoms with van der Waals surface area (Å²) in [6.45, 7) is -0.363. The van der Waals surface area contributed by atoms with Crippen LogP contribution in [0.5, 0.6) is 0 Å². The van der Waals surface area contributed by atoms with Gasteiger partial charge in [-0.05, 0) is 29.8 Å². The molecule has 0 unspecified atom stereocenters. The van der Waals surface area contributed by atoms with E-state index in [1.165, 1.54) is 30.5 Å². The maximum atomic E-state index is 12.9. The molecule has 0 radical (unpaired) electrons. The SMILES string of the molecule is O=C(COC(=O)c1ccc(Cl)nc1)NCc1ccc(F)cc1Cl. The van der Waals surface area contributed by atoms with Gasteiger partial charge in [0.2, 0.25) is 0 Å². The Balaban J connectivity index is 1.81. The zero-order valence-corrected chi connectivity index (χ0v) is 13.2. The number of nitrogens with one attached hydrogen (secondary N) is 1. The lowest BCUT2D eigenvalue weighted by molar-refractivity contribution is -0.124. The number of hydrogen-bond acceptors (Lipinski definition) is 4. The summed E-state index contributed by atoms with van der Waals surface area (Å²) in [4.78, 5) is 27.1. The molecule has 0 fully saturated rings. The van der Waals surface area contributed by atoms with Crippen molar-refractivity contribution in [2.24, 2.45) is 0 Å². The van der Waals surface area contributed by atoms with Crippen LogP contribution in [0, 0.1) is 5.82 Å². The fourth-order valence-electron chi connectivity index (χ4n) is 1.62. The molecule has 0 aliphatic carbocycles. The molecular formula is C15H11Cl2FN2O3. The first-order valence-corrected chi connectivity index (χ1v) is 7.20. The summed E-state index contributed by atoms with van der Waals surface area (Å²) in [6.07, 6.45) is 1.25. The highest BCUT2D eigenvalue weighted by atomic mass is 35.5. The molecule has 0 aliphatic rings. The Hall–Kier alpha value is -2.18. The van der Waals surface area contributed by atoms with Crippen LogP contribution in [-0.4, -0.2) is 23.5 Å². The van der Waals surface area contributed by atoms with Crippen LogP contribution < -0.4 is 5.32 Å². The standard InChI is InChI=1S/C15H11Cl2FN2O3/c16-12-5-11(18)3-1-9(12)6-20-14(21)8-23-15(22)10-2-4-13(17)19-7-10/h1-5,7H,6,8H2,(H,20,21). The highest BCUT2D eigenvalue weighted by molar-refractivity contribution is 6.31. The molecule has 0 spiro atoms. The molecule has 23 heavy (non-hydrogen) atoms. The van der Waals surface area contributed by atoms with Gasteiger partial charge in [-0.2, -0.15) is 0 Å². The monoisotopic (exact) mass is 356 g/mol. The highest BCUT2D eigenvalue weighted by Gasteiger charge is 2.11. The van der Waals surface area contributed by atoms with E-state index in [1.54, 1.807) is 0 Å². The summed E-state index contributed by atoms with van der Waals surface area (Å²) < 4.78 is 17.7. The van der Waals surface area contributed by atoms with E-state index in [0.29, 0.717) is 5.56 Å². The van der Waals surface area contributed by atoms with Gasteiger partial charge in [0.05, 0.1) is 5.56 Å². The molecule has 2 aromatic rings. The van der Waals surface area contributed by atoms with Crippen LogP contribution in [0.1, 0.15) is 15.9 Å². The van der Waals surface area contributed by atoms with Gasteiger partial charge in [0, 0.05) is 17.8 Å². The number of benzene rings is 1. The van der Waals surface area contributed by atoms with Crippen molar-refractivity contribution in [2.75, 3.05) is 6.61 Å². The molecule has 1 amide bonds. The largest absolute Gasteiger partial charge is 0.452 e. The second-order valence-electron chi connectivity index (χ2n) is 4.46. The van der Waals surface area contributed by atoms with Crippen LogP contribution in [0.4, 0.5) is 4.39 Å². The maximum Gasteiger partial charge on any atom is 0.340 e. The molecule has 0 bridgehead atoms. The third kappa shape index (κ3) is 5.19. The Morgan fingerprint density at radius 3 is 2.65 bits per heavy atom. The van der Waals surface area contributed by atoms with Gasteiger partial charge in [-0.15, -0.1) is 0 Å². The summed E-state index contributed by atoms with van der Waals surface area (Å²) in [5, 5.41) is 2.96. The molecule has 0 atom stereocenters. The van der Waals surface area contributed by atoms with E-state index in [-0.39, 0.29) is 22.3 Å². The topological polar surface area (TPSA) is 68.3 Å². The zero-order chi connectivity index (χ0) is 16.8. The predicted molar refractivity (Wildman–Crippen MR) is 82.8 cm³/mol. The smallest absolute Gasteiger partial charge is 0.340 e. The van der Waals surface area contributed by atoms with E-state index >= 15 is 0 Å². The van der Waals surface area contributed by atoms with E-state index in [2.05, 4.69) is 10.3 Å². The summed E-state index contributed by atoms with van der Waals surface area (Å²) in [7, 11) is 0. The maximum absolute atomic E-state index is 12.9. The van der Waals surface area contributed by atoms with Crippen molar-refractivity contribution >= 4 is 35.1 Å². The molecule has 1 heterocycles. The fraction of sp³-hybridized carbons (Fsp3) is 0.133. The summed E-state index contributed by atoms with van der Waals surface area (Å²) in [5.74, 6) is -1.67. The van der Waals surface area contributed by atoms with Gasteiger partial charge in [-0.25, -0.2) is 14.2 Å². The lowest BCUT2D eigenvalue weighted by atomic mass is 10.2. The lowest BCUT2D eigenvalue weighted by Gasteiger charge is -2.08. The second-order valence-corrected chi connectivity index (χ2v) is 5.25. The lowest BCUT2D eigenvalue weighted by Crippen LogP contribution is -2.28. The number of carbonyl (C=O) groups excluding carboxylic acids is 2. The van der Waals surface area contributed by atoms with E-state index in [9.17, 15) is 14.0 Å². The number of halogens is 3. The molecule has 8 heteroatoms. The average molecular weight is 357 g/mol. The number of ether oxygens (including phenoxy) is 1. The van der Waals surface area contributed by atoms with Gasteiger partial charge in [-0.1, -0.05) is 29.3 Å². The van der Waals surface area contributed by atoms with Gasteiger partial charge < -0.3 is 10.1 Å². The Morgan fingerprint density at radius 2 is 2.00 bits per heavy atom. The first-order valence-electron chi connectivity index (χ1n) is 6.45. The van der Waals surface area contributed by atoms with Crippen molar-refractivity contribution in [2.45, 2.75) is 6.54 Å². The van der Waals surface area contributed by atoms with E-state index in [0.717, 1.165) is 6.07 Å². The third-order valence-corrected chi connectivity index (χ3v) is 3.36. The van der Waals surface area contributed by atoms with Crippen molar-refractivity contribution in [3.05, 3.63) is 63.6 Å². The number of pyridine rings is 1. The minimum atomic E-state index is -0.691. The van der Waals surface area contributed by atoms with Crippen LogP contribution in [0.2, 0.25) is 10.2 Å². The third-order valence-electron chi connectivity index (χ3n) is 2.79. The number of esters is 1. The number of hydrogen-bond donors (Lipinski definition) is 1. The van der Waals surface area contributed by atoms with Gasteiger partial charge in [0.1, 0.15) is 11.0 Å². The summed E-state index contributed by atoms with van der Waals surface area (Å²) >= 11 is 11.4. The molecule has 2 rings (SSSR count). The normalized spacial score (nSPS) is 10.2. The summed E-state index contributed by atoms with van der Waals surface area (Å²) in [5.41, 5.74) is 0.735. The van der Waals surface area contributed by atoms with E-state index in [4.69, 9.17) is 27.9 Å². The minimum Gasteiger partial charge on any atom is -0.452 e. The second kappa shape index (κ2) is 7.89. The van der Waals surface area contributed by atoms with Gasteiger partial charge >= 0.3 is 5.97 Å². The first kappa shape index (κ1) is 17.2. The highest BCUT2D eigenvalue weighted by Crippen LogP contribution is 2.16. The number of nitrogens with zero attached hydrogens (tertiary/aromatic N) is 1. The Kier molecular flexibility index (Phi) is 5.90. The molecule has 0 aliphatic heterocycles. The molecule has 1 aromatic carbocycles. The van der Waals surface area contributed by atoms with Crippen molar-refractivity contribution in [3.8, 4) is 0 Å². The van der Waals surface area contributed by atoms with Crippen LogP contribution in [0.25, 0.3) is 0 Å². The molecule has 0 saturated carbocycles. The molecule has 1 N–H and O–H groups in total. The van der Waals surface area contributed by atoms with E-state index < -0.39 is 24.3 Å². The van der Waals surface area contributed by atoms with Crippen molar-refractivity contribution in [3.63, 3.8) is 0 Å². The first-order chi connectivity index (χ1) is 11.0. The van der Waals surface area contributed by atoms with Crippen LogP contribution >= 0.6 is 23.2 Å². The van der Waals surface area contributed by atoms with Gasteiger partial charge in [0.25, 0.3) is 5.91 Å². The average Bonchev–Trinajstić information content (AvgIpc) is 2.52. The molecule has 1 aromatic heterocycles. The Morgan fingerprint density at radius 1 is 1.22 bits per heavy atom. The van der Waals surface area contributed by atoms with Crippen LogP contribution in [0.3, 0.4) is 0 Å². The number of amides is 1. The number of carbonyl (C=O) groups is 2. The minimum absolute atomic E-state index is 0.0952. The number of rotatable bonds is 5. The van der Waals surface area contributed by atoms with Crippen LogP contribution in [-0.2, 0) is 16.1 Å². The van der Waals surface area contributed by atoms with Gasteiger partial charge in [-0.3, -0.25) is 4.79 Å². The Bertz CT molecular complexity index is 723. The van der Waals surface area contributed by atoms with Crippen LogP contribution in [0.15, 0.2) is 36.5 Å². The predicted octanol–water partition coefficient (Wildman–Crippen LogP) is 3.00. The van der Waals surface area contributed by atoms with Crippen molar-refractivity contribution in [1.82, 2.24) is 10.3 Å². The molecule has 120 valence electrons. The molecular weight excluding hydrogens is 346 g/mol. The molecule has 0 saturated heterocycles.